The maximum atomic E-state index is 13.0. The number of primary sulfonamides is 1. The van der Waals surface area contributed by atoms with E-state index in [4.69, 9.17) is 16.6 Å². The van der Waals surface area contributed by atoms with Crippen LogP contribution in [0.15, 0.2) is 41.4 Å². The van der Waals surface area contributed by atoms with Gasteiger partial charge in [-0.25, -0.2) is 23.5 Å². The van der Waals surface area contributed by atoms with Crippen LogP contribution in [0.25, 0.3) is 43.2 Å². The van der Waals surface area contributed by atoms with E-state index in [1.165, 1.54) is 22.1 Å². The minimum Gasteiger partial charge on any atom is -0.375 e. The van der Waals surface area contributed by atoms with Crippen LogP contribution in [0.2, 0.25) is 0 Å². The summed E-state index contributed by atoms with van der Waals surface area (Å²) in [5.74, 6) is 0.128. The summed E-state index contributed by atoms with van der Waals surface area (Å²) in [6, 6.07) is 9.05. The van der Waals surface area contributed by atoms with E-state index < -0.39 is 10.0 Å². The Morgan fingerprint density at radius 1 is 1.03 bits per heavy atom. The average molecular weight is 518 g/mol. The minimum absolute atomic E-state index is 0.128. The molecule has 0 fully saturated rings. The lowest BCUT2D eigenvalue weighted by atomic mass is 9.95. The van der Waals surface area contributed by atoms with Crippen LogP contribution in [-0.2, 0) is 10.0 Å². The maximum Gasteiger partial charge on any atom is 0.239 e. The molecular weight excluding hydrogens is 501 g/mol. The first-order valence-corrected chi connectivity index (χ1v) is 13.9. The number of para-hydroxylation sites is 1. The Labute approximate surface area is 197 Å². The van der Waals surface area contributed by atoms with Crippen LogP contribution in [0.5, 0.6) is 0 Å². The summed E-state index contributed by atoms with van der Waals surface area (Å²) in [7, 11) is -4.04. The fraction of sp³-hybridized carbons (Fsp3) is 0.0556. The van der Waals surface area contributed by atoms with E-state index in [-0.39, 0.29) is 25.0 Å². The van der Waals surface area contributed by atoms with Gasteiger partial charge in [-0.3, -0.25) is 0 Å². The molecule has 0 bridgehead atoms. The van der Waals surface area contributed by atoms with Gasteiger partial charge in [-0.2, -0.15) is 0 Å². The summed E-state index contributed by atoms with van der Waals surface area (Å²) in [5, 5.41) is 19.0. The Morgan fingerprint density at radius 3 is 2.48 bits per heavy atom. The number of fused-ring (bicyclic) bond motifs is 1. The van der Waals surface area contributed by atoms with Crippen LogP contribution in [0.3, 0.4) is 0 Å². The van der Waals surface area contributed by atoms with Crippen LogP contribution in [0.1, 0.15) is 0 Å². The third-order valence-corrected chi connectivity index (χ3v) is 8.09. The van der Waals surface area contributed by atoms with Gasteiger partial charge in [0.05, 0.1) is 20.7 Å². The number of tetrazole rings is 1. The van der Waals surface area contributed by atoms with Gasteiger partial charge in [-0.15, -0.1) is 14.8 Å². The van der Waals surface area contributed by atoms with Crippen LogP contribution < -0.4 is 16.6 Å². The molecule has 1 atom stereocenters. The van der Waals surface area contributed by atoms with Gasteiger partial charge >= 0.3 is 0 Å². The zero-order valence-corrected chi connectivity index (χ0v) is 20.4. The van der Waals surface area contributed by atoms with Crippen molar-refractivity contribution in [1.29, 1.82) is 0 Å². The molecule has 33 heavy (non-hydrogen) atoms. The lowest BCUT2D eigenvalue weighted by molar-refractivity contribution is 0.598. The third kappa shape index (κ3) is 3.85. The van der Waals surface area contributed by atoms with Crippen molar-refractivity contribution in [3.05, 3.63) is 36.5 Å². The number of thiazole rings is 2. The lowest BCUT2D eigenvalue weighted by Gasteiger charge is -2.15. The summed E-state index contributed by atoms with van der Waals surface area (Å²) >= 11 is 2.49. The van der Waals surface area contributed by atoms with Crippen molar-refractivity contribution in [1.82, 2.24) is 29.9 Å². The first-order chi connectivity index (χ1) is 15.8. The minimum atomic E-state index is -4.25. The fourth-order valence-electron chi connectivity index (χ4n) is 3.52. The number of rotatable bonds is 5. The van der Waals surface area contributed by atoms with Crippen LogP contribution in [0, 0.1) is 0 Å². The molecule has 5 rings (SSSR count). The standard InChI is InChI=1S/C18H16N9O2PS3/c1-30-27-25-16(24-26-27)13-8(9-3-2-4-11-14(9)23-18(20)31-11)5-6-10(15(13)33(21,28)29)12-7-22-17(19)32-12/h2-7,30H,1H3,(H2,19,22)(H2,20,23)(H2,21,28,29). The molecule has 0 spiro atoms. The Morgan fingerprint density at radius 2 is 1.82 bits per heavy atom. The number of hydrogen-bond acceptors (Lipinski definition) is 11. The van der Waals surface area contributed by atoms with E-state index >= 15 is 0 Å². The predicted octanol–water partition coefficient (Wildman–Crippen LogP) is 2.62. The average Bonchev–Trinajstić information content (AvgIpc) is 3.50. The van der Waals surface area contributed by atoms with E-state index in [0.717, 1.165) is 16.0 Å². The SMILES string of the molecule is CPn1nnc(-c2c(-c3cccc4sc(N)nc34)ccc(-c3cnc(N)s3)c2S(N)(=O)=O)n1. The van der Waals surface area contributed by atoms with Crippen molar-refractivity contribution in [2.24, 2.45) is 5.14 Å². The molecule has 0 saturated carbocycles. The number of aromatic nitrogens is 6. The second-order valence-electron chi connectivity index (χ2n) is 6.80. The summed E-state index contributed by atoms with van der Waals surface area (Å²) in [5.41, 5.74) is 14.2. The molecule has 2 aromatic carbocycles. The Kier molecular flexibility index (Phi) is 5.34. The molecule has 168 valence electrons. The van der Waals surface area contributed by atoms with Gasteiger partial charge < -0.3 is 11.5 Å². The van der Waals surface area contributed by atoms with Gasteiger partial charge in [0.2, 0.25) is 15.8 Å². The highest BCUT2D eigenvalue weighted by Crippen LogP contribution is 2.44. The van der Waals surface area contributed by atoms with E-state index in [1.807, 2.05) is 24.9 Å². The van der Waals surface area contributed by atoms with Gasteiger partial charge in [0.15, 0.2) is 10.3 Å². The van der Waals surface area contributed by atoms with Crippen molar-refractivity contribution in [3.8, 4) is 33.0 Å². The first kappa shape index (κ1) is 21.8. The monoisotopic (exact) mass is 517 g/mol. The molecule has 0 aliphatic heterocycles. The largest absolute Gasteiger partial charge is 0.375 e. The van der Waals surface area contributed by atoms with Crippen molar-refractivity contribution in [3.63, 3.8) is 0 Å². The van der Waals surface area contributed by atoms with Gasteiger partial charge in [0.25, 0.3) is 0 Å². The second kappa shape index (κ2) is 8.08. The number of anilines is 2. The molecule has 11 nitrogen and oxygen atoms in total. The molecule has 0 aliphatic carbocycles. The summed E-state index contributed by atoms with van der Waals surface area (Å²) in [6.45, 7) is 1.88. The van der Waals surface area contributed by atoms with E-state index in [0.29, 0.717) is 37.3 Å². The molecule has 0 amide bonds. The summed E-state index contributed by atoms with van der Waals surface area (Å²) < 4.78 is 28.2. The predicted molar refractivity (Wildman–Crippen MR) is 133 cm³/mol. The molecular formula is C18H16N9O2PS3. The number of nitrogen functional groups attached to an aromatic ring is 2. The van der Waals surface area contributed by atoms with Crippen LogP contribution in [0.4, 0.5) is 10.3 Å². The molecule has 0 aliphatic rings. The normalized spacial score (nSPS) is 12.3. The van der Waals surface area contributed by atoms with Crippen LogP contribution in [-0.4, -0.2) is 45.0 Å². The molecule has 6 N–H and O–H groups in total. The number of benzene rings is 2. The van der Waals surface area contributed by atoms with Crippen molar-refractivity contribution >= 4 is 61.9 Å². The van der Waals surface area contributed by atoms with Crippen molar-refractivity contribution < 1.29 is 8.42 Å². The summed E-state index contributed by atoms with van der Waals surface area (Å²) in [6.07, 6.45) is 1.51. The topological polar surface area (TPSA) is 182 Å². The number of nitrogens with zero attached hydrogens (tertiary/aromatic N) is 6. The zero-order valence-electron chi connectivity index (χ0n) is 16.9. The maximum absolute atomic E-state index is 13.0. The lowest BCUT2D eigenvalue weighted by Crippen LogP contribution is -2.16. The van der Waals surface area contributed by atoms with Crippen molar-refractivity contribution in [2.45, 2.75) is 4.90 Å². The number of nitrogens with two attached hydrogens (primary N) is 3. The van der Waals surface area contributed by atoms with Gasteiger partial charge in [0.1, 0.15) is 4.90 Å². The Bertz CT molecular complexity index is 1620. The Balaban J connectivity index is 1.92. The van der Waals surface area contributed by atoms with Gasteiger partial charge in [-0.1, -0.05) is 46.9 Å². The van der Waals surface area contributed by atoms with E-state index in [2.05, 4.69) is 25.4 Å². The van der Waals surface area contributed by atoms with Crippen molar-refractivity contribution in [2.75, 3.05) is 18.1 Å². The highest BCUT2D eigenvalue weighted by Gasteiger charge is 2.29. The van der Waals surface area contributed by atoms with Crippen LogP contribution >= 0.6 is 31.4 Å². The van der Waals surface area contributed by atoms with Gasteiger partial charge in [0, 0.05) is 26.1 Å². The molecule has 3 heterocycles. The molecule has 0 radical (unpaired) electrons. The quantitative estimate of drug-likeness (QED) is 0.295. The number of sulfonamides is 1. The summed E-state index contributed by atoms with van der Waals surface area (Å²) in [4.78, 5) is 8.91. The second-order valence-corrected chi connectivity index (χ2v) is 11.3. The highest BCUT2D eigenvalue weighted by molar-refractivity contribution is 7.89. The molecule has 15 heteroatoms. The van der Waals surface area contributed by atoms with E-state index in [9.17, 15) is 8.42 Å². The smallest absolute Gasteiger partial charge is 0.239 e. The van der Waals surface area contributed by atoms with Gasteiger partial charge in [-0.05, 0) is 23.5 Å². The Hall–Kier alpha value is -3.03. The third-order valence-electron chi connectivity index (χ3n) is 4.79. The highest BCUT2D eigenvalue weighted by atomic mass is 32.2. The molecule has 1 unspecified atom stereocenters. The molecule has 0 saturated heterocycles. The first-order valence-electron chi connectivity index (χ1n) is 9.31. The molecule has 5 aromatic rings. The molecule has 3 aromatic heterocycles. The number of hydrogen-bond donors (Lipinski definition) is 3. The zero-order chi connectivity index (χ0) is 23.3. The fourth-order valence-corrected chi connectivity index (χ4v) is 6.36. The van der Waals surface area contributed by atoms with E-state index in [1.54, 1.807) is 12.1 Å².